The first kappa shape index (κ1) is 13.4. The lowest BCUT2D eigenvalue weighted by molar-refractivity contribution is -0.0171. The van der Waals surface area contributed by atoms with Crippen LogP contribution in [0.4, 0.5) is 0 Å². The Morgan fingerprint density at radius 1 is 1.50 bits per heavy atom. The van der Waals surface area contributed by atoms with E-state index in [2.05, 4.69) is 15.3 Å². The zero-order valence-electron chi connectivity index (χ0n) is 9.43. The maximum absolute atomic E-state index is 5.91. The molecule has 1 fully saturated rings. The van der Waals surface area contributed by atoms with E-state index in [9.17, 15) is 0 Å². The first-order valence-corrected chi connectivity index (χ1v) is 5.48. The fourth-order valence-corrected chi connectivity index (χ4v) is 1.81. The SMILES string of the molecule is CC(OC1CCCNC1)c1cnccn1.Cl. The van der Waals surface area contributed by atoms with Crippen LogP contribution in [0.1, 0.15) is 31.6 Å². The summed E-state index contributed by atoms with van der Waals surface area (Å²) >= 11 is 0. The zero-order chi connectivity index (χ0) is 10.5. The summed E-state index contributed by atoms with van der Waals surface area (Å²) in [6.45, 7) is 4.09. The molecule has 1 saturated heterocycles. The van der Waals surface area contributed by atoms with Gasteiger partial charge in [-0.2, -0.15) is 0 Å². The molecule has 0 aromatic carbocycles. The van der Waals surface area contributed by atoms with E-state index < -0.39 is 0 Å². The highest BCUT2D eigenvalue weighted by atomic mass is 35.5. The van der Waals surface area contributed by atoms with Gasteiger partial charge in [-0.3, -0.25) is 9.97 Å². The topological polar surface area (TPSA) is 47.0 Å². The third kappa shape index (κ3) is 3.70. The molecule has 2 atom stereocenters. The van der Waals surface area contributed by atoms with Gasteiger partial charge in [0.15, 0.2) is 0 Å². The number of ether oxygens (including phenoxy) is 1. The van der Waals surface area contributed by atoms with Crippen molar-refractivity contribution in [2.45, 2.75) is 32.0 Å². The van der Waals surface area contributed by atoms with Crippen molar-refractivity contribution in [3.63, 3.8) is 0 Å². The summed E-state index contributed by atoms with van der Waals surface area (Å²) in [5.41, 5.74) is 0.906. The second-order valence-electron chi connectivity index (χ2n) is 3.88. The summed E-state index contributed by atoms with van der Waals surface area (Å²) in [6.07, 6.45) is 7.82. The highest BCUT2D eigenvalue weighted by Crippen LogP contribution is 2.18. The molecule has 0 spiro atoms. The minimum Gasteiger partial charge on any atom is -0.368 e. The fourth-order valence-electron chi connectivity index (χ4n) is 1.81. The average molecular weight is 244 g/mol. The molecule has 4 nitrogen and oxygen atoms in total. The monoisotopic (exact) mass is 243 g/mol. The Morgan fingerprint density at radius 3 is 3.00 bits per heavy atom. The van der Waals surface area contributed by atoms with Crippen LogP contribution in [-0.2, 0) is 4.74 Å². The van der Waals surface area contributed by atoms with Crippen molar-refractivity contribution in [3.05, 3.63) is 24.3 Å². The highest BCUT2D eigenvalue weighted by molar-refractivity contribution is 5.85. The Hall–Kier alpha value is -0.710. The van der Waals surface area contributed by atoms with E-state index in [1.165, 1.54) is 6.42 Å². The molecular weight excluding hydrogens is 226 g/mol. The summed E-state index contributed by atoms with van der Waals surface area (Å²) in [5.74, 6) is 0. The predicted octanol–water partition coefficient (Wildman–Crippen LogP) is 1.73. The molecule has 0 radical (unpaired) electrons. The van der Waals surface area contributed by atoms with Crippen molar-refractivity contribution >= 4 is 12.4 Å². The van der Waals surface area contributed by atoms with Gasteiger partial charge in [0.1, 0.15) is 0 Å². The number of rotatable bonds is 3. The fraction of sp³-hybridized carbons (Fsp3) is 0.636. The van der Waals surface area contributed by atoms with Crippen LogP contribution >= 0.6 is 12.4 Å². The summed E-state index contributed by atoms with van der Waals surface area (Å²) < 4.78 is 5.91. The number of nitrogens with zero attached hydrogens (tertiary/aromatic N) is 2. The Bertz CT molecular complexity index is 291. The van der Waals surface area contributed by atoms with Crippen LogP contribution < -0.4 is 5.32 Å². The van der Waals surface area contributed by atoms with Gasteiger partial charge in [0.05, 0.1) is 24.1 Å². The van der Waals surface area contributed by atoms with Crippen molar-refractivity contribution in [2.24, 2.45) is 0 Å². The van der Waals surface area contributed by atoms with E-state index in [1.807, 2.05) is 6.92 Å². The van der Waals surface area contributed by atoms with Gasteiger partial charge < -0.3 is 10.1 Å². The maximum Gasteiger partial charge on any atom is 0.0986 e. The van der Waals surface area contributed by atoms with Gasteiger partial charge in [0, 0.05) is 18.9 Å². The summed E-state index contributed by atoms with van der Waals surface area (Å²) in [4.78, 5) is 8.28. The first-order valence-electron chi connectivity index (χ1n) is 5.48. The molecule has 1 aliphatic rings. The molecule has 1 aliphatic heterocycles. The van der Waals surface area contributed by atoms with Crippen LogP contribution in [0.5, 0.6) is 0 Å². The second kappa shape index (κ2) is 6.78. The lowest BCUT2D eigenvalue weighted by Gasteiger charge is -2.26. The molecular formula is C11H18ClN3O. The van der Waals surface area contributed by atoms with Crippen LogP contribution in [0, 0.1) is 0 Å². The van der Waals surface area contributed by atoms with Gasteiger partial charge in [0.25, 0.3) is 0 Å². The zero-order valence-corrected chi connectivity index (χ0v) is 10.2. The number of nitrogens with one attached hydrogen (secondary N) is 1. The van der Waals surface area contributed by atoms with Gasteiger partial charge in [-0.05, 0) is 26.3 Å². The quantitative estimate of drug-likeness (QED) is 0.879. The average Bonchev–Trinajstić information content (AvgIpc) is 2.31. The van der Waals surface area contributed by atoms with E-state index in [0.29, 0.717) is 6.10 Å². The Kier molecular flexibility index (Phi) is 5.66. The van der Waals surface area contributed by atoms with Crippen molar-refractivity contribution < 1.29 is 4.74 Å². The highest BCUT2D eigenvalue weighted by Gasteiger charge is 2.17. The first-order chi connectivity index (χ1) is 7.36. The normalized spacial score (nSPS) is 22.2. The van der Waals surface area contributed by atoms with Gasteiger partial charge in [-0.25, -0.2) is 0 Å². The van der Waals surface area contributed by atoms with Crippen molar-refractivity contribution in [1.29, 1.82) is 0 Å². The van der Waals surface area contributed by atoms with Crippen molar-refractivity contribution in [2.75, 3.05) is 13.1 Å². The van der Waals surface area contributed by atoms with Crippen LogP contribution in [-0.4, -0.2) is 29.2 Å². The maximum atomic E-state index is 5.91. The molecule has 90 valence electrons. The van der Waals surface area contributed by atoms with Crippen LogP contribution in [0.15, 0.2) is 18.6 Å². The molecule has 5 heteroatoms. The molecule has 0 aliphatic carbocycles. The second-order valence-corrected chi connectivity index (χ2v) is 3.88. The van der Waals surface area contributed by atoms with Crippen LogP contribution in [0.2, 0.25) is 0 Å². The smallest absolute Gasteiger partial charge is 0.0986 e. The molecule has 2 heterocycles. The summed E-state index contributed by atoms with van der Waals surface area (Å²) in [6, 6.07) is 0. The molecule has 0 bridgehead atoms. The summed E-state index contributed by atoms with van der Waals surface area (Å²) in [5, 5.41) is 3.33. The molecule has 2 rings (SSSR count). The van der Waals surface area contributed by atoms with Crippen LogP contribution in [0.3, 0.4) is 0 Å². The number of hydrogen-bond donors (Lipinski definition) is 1. The molecule has 1 aromatic heterocycles. The van der Waals surface area contributed by atoms with Gasteiger partial charge >= 0.3 is 0 Å². The van der Waals surface area contributed by atoms with E-state index in [1.54, 1.807) is 18.6 Å². The van der Waals surface area contributed by atoms with Crippen LogP contribution in [0.25, 0.3) is 0 Å². The predicted molar refractivity (Wildman–Crippen MR) is 64.7 cm³/mol. The number of aromatic nitrogens is 2. The van der Waals surface area contributed by atoms with Crippen molar-refractivity contribution in [1.82, 2.24) is 15.3 Å². The van der Waals surface area contributed by atoms with Crippen molar-refractivity contribution in [3.8, 4) is 0 Å². The Morgan fingerprint density at radius 2 is 2.38 bits per heavy atom. The van der Waals surface area contributed by atoms with Gasteiger partial charge in [-0.1, -0.05) is 0 Å². The van der Waals surface area contributed by atoms with Gasteiger partial charge in [-0.15, -0.1) is 12.4 Å². The standard InChI is InChI=1S/C11H17N3O.ClH/c1-9(11-8-13-5-6-14-11)15-10-3-2-4-12-7-10;/h5-6,8-10,12H,2-4,7H2,1H3;1H. The third-order valence-electron chi connectivity index (χ3n) is 2.65. The van der Waals surface area contributed by atoms with Gasteiger partial charge in [0.2, 0.25) is 0 Å². The number of halogens is 1. The van der Waals surface area contributed by atoms with E-state index in [0.717, 1.165) is 25.2 Å². The number of hydrogen-bond acceptors (Lipinski definition) is 4. The molecule has 1 aromatic rings. The Labute approximate surface area is 102 Å². The lowest BCUT2D eigenvalue weighted by Crippen LogP contribution is -2.35. The lowest BCUT2D eigenvalue weighted by atomic mass is 10.1. The molecule has 1 N–H and O–H groups in total. The van der Waals surface area contributed by atoms with E-state index in [4.69, 9.17) is 4.74 Å². The minimum absolute atomic E-state index is 0. The van der Waals surface area contributed by atoms with E-state index in [-0.39, 0.29) is 18.5 Å². The van der Waals surface area contributed by atoms with E-state index >= 15 is 0 Å². The largest absolute Gasteiger partial charge is 0.368 e. The minimum atomic E-state index is 0. The molecule has 0 amide bonds. The molecule has 0 saturated carbocycles. The third-order valence-corrected chi connectivity index (χ3v) is 2.65. The molecule has 2 unspecified atom stereocenters. The molecule has 16 heavy (non-hydrogen) atoms. The number of piperidine rings is 1. The summed E-state index contributed by atoms with van der Waals surface area (Å²) in [7, 11) is 0. The Balaban J connectivity index is 0.00000128.